The molecule has 0 rings (SSSR count). The second-order valence-electron chi connectivity index (χ2n) is 3.41. The Balaban J connectivity index is 0. The molecule has 0 spiro atoms. The molecule has 86 valence electrons. The van der Waals surface area contributed by atoms with Crippen molar-refractivity contribution in [3.63, 3.8) is 0 Å². The Morgan fingerprint density at radius 1 is 1.07 bits per heavy atom. The molecule has 0 heterocycles. The van der Waals surface area contributed by atoms with Crippen molar-refractivity contribution in [1.29, 1.82) is 0 Å². The van der Waals surface area contributed by atoms with Crippen molar-refractivity contribution in [3.05, 3.63) is 0 Å². The summed E-state index contributed by atoms with van der Waals surface area (Å²) < 4.78 is 0. The number of carbonyl (C=O) groups is 1. The smallest absolute Gasteiger partial charge is 0.303 e. The van der Waals surface area contributed by atoms with E-state index < -0.39 is 5.97 Å². The van der Waals surface area contributed by atoms with Crippen molar-refractivity contribution in [2.24, 2.45) is 0 Å². The van der Waals surface area contributed by atoms with Gasteiger partial charge in [0.25, 0.3) is 0 Å². The Kier molecular flexibility index (Phi) is 16.9. The van der Waals surface area contributed by atoms with Crippen LogP contribution in [0.15, 0.2) is 0 Å². The molecule has 0 radical (unpaired) electrons. The molecule has 3 nitrogen and oxygen atoms in total. The maximum atomic E-state index is 10.1. The molecule has 0 saturated carbocycles. The second kappa shape index (κ2) is 14.9. The summed E-state index contributed by atoms with van der Waals surface area (Å²) >= 11 is 0. The van der Waals surface area contributed by atoms with Crippen LogP contribution < -0.4 is 5.32 Å². The topological polar surface area (TPSA) is 49.3 Å². The van der Waals surface area contributed by atoms with Crippen molar-refractivity contribution in [3.8, 4) is 0 Å². The minimum atomic E-state index is -0.666. The van der Waals surface area contributed by atoms with Crippen molar-refractivity contribution >= 4 is 5.97 Å². The molecule has 0 aliphatic heterocycles. The fourth-order valence-corrected chi connectivity index (χ4v) is 1.06. The number of hydrogen-bond donors (Lipinski definition) is 2. The summed E-state index contributed by atoms with van der Waals surface area (Å²) in [5.41, 5.74) is 0. The maximum Gasteiger partial charge on any atom is 0.303 e. The molecule has 0 amide bonds. The zero-order valence-electron chi connectivity index (χ0n) is 9.81. The standard InChI is InChI=1S/C9H18O2.C2H7N/c1-2-3-4-5-6-7-8-9(10)11;1-3-2/h2-8H2,1H3,(H,10,11);3H,1-2H3. The zero-order chi connectivity index (χ0) is 11.2. The molecule has 0 unspecified atom stereocenters. The summed E-state index contributed by atoms with van der Waals surface area (Å²) in [6.07, 6.45) is 7.25. The first kappa shape index (κ1) is 15.9. The minimum Gasteiger partial charge on any atom is -0.481 e. The van der Waals surface area contributed by atoms with Crippen LogP contribution in [-0.2, 0) is 4.79 Å². The summed E-state index contributed by atoms with van der Waals surface area (Å²) in [5.74, 6) is -0.666. The van der Waals surface area contributed by atoms with Crippen LogP contribution in [0.3, 0.4) is 0 Å². The lowest BCUT2D eigenvalue weighted by molar-refractivity contribution is -0.137. The lowest BCUT2D eigenvalue weighted by atomic mass is 10.1. The highest BCUT2D eigenvalue weighted by Crippen LogP contribution is 2.06. The van der Waals surface area contributed by atoms with Gasteiger partial charge in [0.1, 0.15) is 0 Å². The van der Waals surface area contributed by atoms with Gasteiger partial charge in [-0.05, 0) is 20.5 Å². The largest absolute Gasteiger partial charge is 0.481 e. The lowest BCUT2D eigenvalue weighted by Crippen LogP contribution is -1.93. The molecule has 0 aliphatic rings. The van der Waals surface area contributed by atoms with E-state index in [2.05, 4.69) is 12.2 Å². The van der Waals surface area contributed by atoms with E-state index >= 15 is 0 Å². The molecule has 3 heteroatoms. The van der Waals surface area contributed by atoms with Crippen molar-refractivity contribution in [1.82, 2.24) is 5.32 Å². The molecule has 0 saturated heterocycles. The quantitative estimate of drug-likeness (QED) is 0.625. The first-order valence-corrected chi connectivity index (χ1v) is 5.49. The number of hydrogen-bond acceptors (Lipinski definition) is 2. The predicted octanol–water partition coefficient (Wildman–Crippen LogP) is 2.66. The Morgan fingerprint density at radius 3 is 1.93 bits per heavy atom. The SMILES string of the molecule is CCCCCCCCC(=O)O.CNC. The number of carboxylic acids is 1. The van der Waals surface area contributed by atoms with Crippen molar-refractivity contribution in [2.75, 3.05) is 14.1 Å². The molecular formula is C11H25NO2. The van der Waals surface area contributed by atoms with Gasteiger partial charge in [-0.15, -0.1) is 0 Å². The fraction of sp³-hybridized carbons (Fsp3) is 0.909. The highest BCUT2D eigenvalue weighted by Gasteiger charge is 1.95. The summed E-state index contributed by atoms with van der Waals surface area (Å²) in [5, 5.41) is 11.1. The third-order valence-electron chi connectivity index (χ3n) is 1.74. The van der Waals surface area contributed by atoms with E-state index in [9.17, 15) is 4.79 Å². The molecule has 2 N–H and O–H groups in total. The van der Waals surface area contributed by atoms with Gasteiger partial charge in [0.05, 0.1) is 0 Å². The Morgan fingerprint density at radius 2 is 1.50 bits per heavy atom. The molecule has 0 aromatic carbocycles. The summed E-state index contributed by atoms with van der Waals surface area (Å²) in [6.45, 7) is 2.18. The average molecular weight is 203 g/mol. The van der Waals surface area contributed by atoms with Gasteiger partial charge in [-0.25, -0.2) is 0 Å². The summed E-state index contributed by atoms with van der Waals surface area (Å²) in [4.78, 5) is 10.1. The second-order valence-corrected chi connectivity index (χ2v) is 3.41. The number of carboxylic acid groups (broad SMARTS) is 1. The molecule has 0 bridgehead atoms. The Hall–Kier alpha value is -0.570. The van der Waals surface area contributed by atoms with Gasteiger partial charge in [-0.1, -0.05) is 39.0 Å². The summed E-state index contributed by atoms with van der Waals surface area (Å²) in [7, 11) is 3.75. The highest BCUT2D eigenvalue weighted by atomic mass is 16.4. The minimum absolute atomic E-state index is 0.339. The average Bonchev–Trinajstić information content (AvgIpc) is 2.12. The molecule has 14 heavy (non-hydrogen) atoms. The molecule has 0 aliphatic carbocycles. The zero-order valence-corrected chi connectivity index (χ0v) is 9.81. The normalized spacial score (nSPS) is 9.07. The lowest BCUT2D eigenvalue weighted by Gasteiger charge is -1.97. The van der Waals surface area contributed by atoms with Crippen LogP contribution in [0.1, 0.15) is 51.9 Å². The van der Waals surface area contributed by atoms with E-state index in [0.717, 1.165) is 12.8 Å². The number of rotatable bonds is 7. The van der Waals surface area contributed by atoms with Gasteiger partial charge in [0, 0.05) is 6.42 Å². The third-order valence-corrected chi connectivity index (χ3v) is 1.74. The van der Waals surface area contributed by atoms with Gasteiger partial charge in [-0.3, -0.25) is 4.79 Å². The van der Waals surface area contributed by atoms with E-state index in [-0.39, 0.29) is 0 Å². The molecular weight excluding hydrogens is 178 g/mol. The van der Waals surface area contributed by atoms with Gasteiger partial charge in [0.15, 0.2) is 0 Å². The van der Waals surface area contributed by atoms with Crippen LogP contribution in [0.5, 0.6) is 0 Å². The number of aliphatic carboxylic acids is 1. The van der Waals surface area contributed by atoms with Crippen LogP contribution >= 0.6 is 0 Å². The number of unbranched alkanes of at least 4 members (excludes halogenated alkanes) is 5. The van der Waals surface area contributed by atoms with Crippen LogP contribution in [0.2, 0.25) is 0 Å². The van der Waals surface area contributed by atoms with Gasteiger partial charge >= 0.3 is 5.97 Å². The molecule has 0 aromatic heterocycles. The first-order valence-electron chi connectivity index (χ1n) is 5.49. The van der Waals surface area contributed by atoms with Gasteiger partial charge < -0.3 is 10.4 Å². The Labute approximate surface area is 87.9 Å². The molecule has 0 fully saturated rings. The number of nitrogens with one attached hydrogen (secondary N) is 1. The first-order chi connectivity index (χ1) is 6.68. The van der Waals surface area contributed by atoms with E-state index in [1.54, 1.807) is 0 Å². The van der Waals surface area contributed by atoms with E-state index in [4.69, 9.17) is 5.11 Å². The third kappa shape index (κ3) is 22.5. The predicted molar refractivity (Wildman–Crippen MR) is 60.6 cm³/mol. The van der Waals surface area contributed by atoms with Gasteiger partial charge in [0.2, 0.25) is 0 Å². The van der Waals surface area contributed by atoms with E-state index in [1.165, 1.54) is 25.7 Å². The van der Waals surface area contributed by atoms with Crippen LogP contribution in [0.4, 0.5) is 0 Å². The molecule has 0 atom stereocenters. The van der Waals surface area contributed by atoms with Crippen LogP contribution in [-0.4, -0.2) is 25.2 Å². The van der Waals surface area contributed by atoms with E-state index in [0.29, 0.717) is 6.42 Å². The van der Waals surface area contributed by atoms with Crippen molar-refractivity contribution in [2.45, 2.75) is 51.9 Å². The monoisotopic (exact) mass is 203 g/mol. The fourth-order valence-electron chi connectivity index (χ4n) is 1.06. The van der Waals surface area contributed by atoms with Crippen LogP contribution in [0, 0.1) is 0 Å². The van der Waals surface area contributed by atoms with Gasteiger partial charge in [-0.2, -0.15) is 0 Å². The van der Waals surface area contributed by atoms with Crippen molar-refractivity contribution < 1.29 is 9.90 Å². The Bertz CT molecular complexity index is 116. The molecule has 0 aromatic rings. The summed E-state index contributed by atoms with van der Waals surface area (Å²) in [6, 6.07) is 0. The highest BCUT2D eigenvalue weighted by molar-refractivity contribution is 5.66. The maximum absolute atomic E-state index is 10.1. The van der Waals surface area contributed by atoms with E-state index in [1.807, 2.05) is 14.1 Å². The van der Waals surface area contributed by atoms with Crippen LogP contribution in [0.25, 0.3) is 0 Å².